The lowest BCUT2D eigenvalue weighted by molar-refractivity contribution is -0.149. The van der Waals surface area contributed by atoms with Crippen LogP contribution in [0, 0.1) is 0 Å². The van der Waals surface area contributed by atoms with E-state index in [-0.39, 0.29) is 34.6 Å². The number of unbranched alkanes of at least 4 members (excludes halogenated alkanes) is 13. The molecule has 0 amide bonds. The van der Waals surface area contributed by atoms with Gasteiger partial charge < -0.3 is 24.3 Å². The highest BCUT2D eigenvalue weighted by atomic mass is 32.8. The van der Waals surface area contributed by atoms with Crippen LogP contribution in [0.1, 0.15) is 131 Å². The molecule has 3 N–H and O–H groups in total. The fourth-order valence-electron chi connectivity index (χ4n) is 5.37. The molecule has 2 heterocycles. The Kier molecular flexibility index (Phi) is 21.9. The maximum Gasteiger partial charge on any atom is 0.323 e. The highest BCUT2D eigenvalue weighted by molar-refractivity contribution is 8.28. The van der Waals surface area contributed by atoms with Crippen LogP contribution in [0.15, 0.2) is 12.7 Å². The molecule has 48 heavy (non-hydrogen) atoms. The second kappa shape index (κ2) is 24.6. The van der Waals surface area contributed by atoms with Crippen LogP contribution in [0.25, 0.3) is 11.2 Å². The first-order chi connectivity index (χ1) is 23.0. The molecule has 2 rings (SSSR count). The number of nitrogens with zero attached hydrogens (tertiary/aromatic N) is 4. The maximum atomic E-state index is 13.9. The molecule has 0 aliphatic carbocycles. The number of hydrogen-bond donors (Lipinski definition) is 2. The number of rotatable bonds is 29. The van der Waals surface area contributed by atoms with Crippen LogP contribution in [-0.2, 0) is 50.5 Å². The third-order valence-corrected chi connectivity index (χ3v) is 12.4. The summed E-state index contributed by atoms with van der Waals surface area (Å²) in [4.78, 5) is 25.0. The third-order valence-electron chi connectivity index (χ3n) is 8.05. The van der Waals surface area contributed by atoms with E-state index in [1.165, 1.54) is 89.8 Å². The van der Waals surface area contributed by atoms with Gasteiger partial charge in [-0.15, -0.1) is 9.45 Å². The molecule has 1 unspecified atom stereocenters. The topological polar surface area (TPSA) is 143 Å². The molecule has 2 aromatic rings. The molecule has 0 aliphatic rings. The van der Waals surface area contributed by atoms with Gasteiger partial charge in [0.05, 0.1) is 31.7 Å². The number of anilines is 1. The predicted molar refractivity (Wildman–Crippen MR) is 202 cm³/mol. The molecule has 0 saturated heterocycles. The Morgan fingerprint density at radius 3 is 2.10 bits per heavy atom. The number of aromatic nitrogens is 4. The van der Waals surface area contributed by atoms with E-state index in [0.717, 1.165) is 17.9 Å². The van der Waals surface area contributed by atoms with Crippen LogP contribution in [0.2, 0.25) is 0 Å². The highest BCUT2D eigenvalue weighted by Gasteiger charge is 2.30. The minimum absolute atomic E-state index is 0.122. The van der Waals surface area contributed by atoms with Gasteiger partial charge in [-0.1, -0.05) is 102 Å². The summed E-state index contributed by atoms with van der Waals surface area (Å²) in [6.45, 7) is 9.95. The van der Waals surface area contributed by atoms with Crippen LogP contribution in [0.4, 0.5) is 5.82 Å². The van der Waals surface area contributed by atoms with E-state index < -0.39 is 19.5 Å². The van der Waals surface area contributed by atoms with Crippen molar-refractivity contribution in [3.63, 3.8) is 0 Å². The SMILES string of the molecule is CCCCCCCCCCCCCCCCS(=S)CCCO[P@@](=O)(CO[C@H](C)Cn1cnc2c(N)ncnc21)N[C@@H](C)C(=O)OC(C)C. The van der Waals surface area contributed by atoms with Crippen molar-refractivity contribution in [1.82, 2.24) is 24.6 Å². The minimum Gasteiger partial charge on any atom is -0.462 e. The van der Waals surface area contributed by atoms with E-state index in [4.69, 9.17) is 30.9 Å². The molecule has 0 saturated carbocycles. The van der Waals surface area contributed by atoms with Crippen molar-refractivity contribution in [3.8, 4) is 0 Å². The summed E-state index contributed by atoms with van der Waals surface area (Å²) in [7, 11) is -3.68. The second-order valence-corrected chi connectivity index (χ2v) is 18.3. The van der Waals surface area contributed by atoms with Gasteiger partial charge in [0.1, 0.15) is 24.2 Å². The number of nitrogen functional groups attached to an aromatic ring is 1. The van der Waals surface area contributed by atoms with Crippen LogP contribution in [-0.4, -0.2) is 68.2 Å². The summed E-state index contributed by atoms with van der Waals surface area (Å²) in [5.41, 5.74) is 7.01. The van der Waals surface area contributed by atoms with E-state index in [9.17, 15) is 9.36 Å². The molecule has 0 aromatic carbocycles. The Morgan fingerprint density at radius 2 is 1.50 bits per heavy atom. The van der Waals surface area contributed by atoms with E-state index in [1.807, 2.05) is 11.5 Å². The largest absolute Gasteiger partial charge is 0.462 e. The van der Waals surface area contributed by atoms with Gasteiger partial charge in [0.15, 0.2) is 11.5 Å². The summed E-state index contributed by atoms with van der Waals surface area (Å²) < 4.78 is 32.9. The minimum atomic E-state index is -3.56. The summed E-state index contributed by atoms with van der Waals surface area (Å²) >= 11 is 5.74. The number of nitrogens with two attached hydrogens (primary N) is 1. The molecular formula is C34H63N6O5PS2. The maximum absolute atomic E-state index is 13.9. The molecule has 0 fully saturated rings. The molecule has 0 aliphatic heterocycles. The predicted octanol–water partition coefficient (Wildman–Crippen LogP) is 7.86. The van der Waals surface area contributed by atoms with Crippen LogP contribution in [0.3, 0.4) is 0 Å². The third kappa shape index (κ3) is 17.9. The summed E-state index contributed by atoms with van der Waals surface area (Å²) in [5, 5.41) is 2.87. The van der Waals surface area contributed by atoms with Gasteiger partial charge in [-0.2, -0.15) is 0 Å². The molecule has 11 nitrogen and oxygen atoms in total. The van der Waals surface area contributed by atoms with Gasteiger partial charge in [0.2, 0.25) is 0 Å². The van der Waals surface area contributed by atoms with Crippen molar-refractivity contribution in [3.05, 3.63) is 12.7 Å². The Morgan fingerprint density at radius 1 is 0.917 bits per heavy atom. The zero-order valence-electron chi connectivity index (χ0n) is 30.2. The van der Waals surface area contributed by atoms with Crippen molar-refractivity contribution in [2.75, 3.05) is 30.2 Å². The summed E-state index contributed by atoms with van der Waals surface area (Å²) in [6.07, 6.45) is 21.7. The van der Waals surface area contributed by atoms with Gasteiger partial charge in [0.25, 0.3) is 7.52 Å². The van der Waals surface area contributed by atoms with E-state index in [2.05, 4.69) is 27.0 Å². The van der Waals surface area contributed by atoms with Gasteiger partial charge in [-0.05, 0) is 46.3 Å². The number of carbonyl (C=O) groups excluding carboxylic acids is 1. The van der Waals surface area contributed by atoms with Crippen molar-refractivity contribution in [2.45, 2.75) is 156 Å². The second-order valence-electron chi connectivity index (χ2n) is 13.1. The van der Waals surface area contributed by atoms with Crippen molar-refractivity contribution >= 4 is 51.1 Å². The van der Waals surface area contributed by atoms with Crippen molar-refractivity contribution in [1.29, 1.82) is 0 Å². The Labute approximate surface area is 296 Å². The zero-order chi connectivity index (χ0) is 35.2. The Bertz CT molecular complexity index is 1250. The van der Waals surface area contributed by atoms with Gasteiger partial charge in [-0.3, -0.25) is 9.36 Å². The zero-order valence-corrected chi connectivity index (χ0v) is 32.7. The first-order valence-corrected chi connectivity index (χ1v) is 22.4. The summed E-state index contributed by atoms with van der Waals surface area (Å²) in [5.74, 6) is 1.69. The number of fused-ring (bicyclic) bond motifs is 1. The normalized spacial score (nSPS) is 15.0. The lowest BCUT2D eigenvalue weighted by atomic mass is 10.0. The van der Waals surface area contributed by atoms with Gasteiger partial charge in [-0.25, -0.2) is 20.0 Å². The average Bonchev–Trinajstić information content (AvgIpc) is 3.45. The fraction of sp³-hybridized carbons (Fsp3) is 0.824. The number of nitrogens with one attached hydrogen (secondary N) is 1. The number of esters is 1. The van der Waals surface area contributed by atoms with Gasteiger partial charge >= 0.3 is 5.97 Å². The monoisotopic (exact) mass is 730 g/mol. The molecule has 2 aromatic heterocycles. The molecule has 4 atom stereocenters. The summed E-state index contributed by atoms with van der Waals surface area (Å²) in [6, 6.07) is -0.830. The first kappa shape index (κ1) is 42.7. The molecule has 0 radical (unpaired) electrons. The van der Waals surface area contributed by atoms with E-state index >= 15 is 0 Å². The smallest absolute Gasteiger partial charge is 0.323 e. The van der Waals surface area contributed by atoms with Crippen molar-refractivity contribution < 1.29 is 23.4 Å². The number of hydrogen-bond acceptors (Lipinski definition) is 10. The van der Waals surface area contributed by atoms with E-state index in [0.29, 0.717) is 29.9 Å². The molecule has 14 heteroatoms. The number of carbonyl (C=O) groups is 1. The van der Waals surface area contributed by atoms with E-state index in [1.54, 1.807) is 27.1 Å². The Balaban J connectivity index is 1.69. The van der Waals surface area contributed by atoms with Crippen LogP contribution in [0.5, 0.6) is 0 Å². The standard InChI is InChI=1S/C34H63N6O5PS2/c1-6-7-8-9-10-11-12-13-14-15-16-17-18-19-22-48(47)23-20-21-44-46(42,39-30(5)34(41)45-28(2)3)27-43-29(4)24-40-26-38-31-32(35)36-25-37-33(31)40/h25-26,28-30H,6-24,27H2,1-5H3,(H,39,42)(H2,35,36,37)/t29-,30+,46+,48?/m1/s1. The average molecular weight is 731 g/mol. The van der Waals surface area contributed by atoms with Crippen LogP contribution >= 0.6 is 7.52 Å². The Hall–Kier alpha value is -1.50. The first-order valence-electron chi connectivity index (χ1n) is 18.1. The highest BCUT2D eigenvalue weighted by Crippen LogP contribution is 2.43. The lowest BCUT2D eigenvalue weighted by Crippen LogP contribution is -2.36. The number of ether oxygens (including phenoxy) is 2. The fourth-order valence-corrected chi connectivity index (χ4v) is 9.04. The molecule has 276 valence electrons. The van der Waals surface area contributed by atoms with Gasteiger partial charge in [0, 0.05) is 5.75 Å². The molecule has 0 bridgehead atoms. The molecule has 0 spiro atoms. The number of imidazole rings is 1. The molecular weight excluding hydrogens is 668 g/mol. The van der Waals surface area contributed by atoms with Crippen LogP contribution < -0.4 is 10.8 Å². The lowest BCUT2D eigenvalue weighted by Gasteiger charge is -2.25. The van der Waals surface area contributed by atoms with Crippen molar-refractivity contribution in [2.24, 2.45) is 0 Å². The quantitative estimate of drug-likeness (QED) is 0.0480.